The summed E-state index contributed by atoms with van der Waals surface area (Å²) >= 11 is 0. The van der Waals surface area contributed by atoms with Crippen LogP contribution < -0.4 is 0 Å². The number of hydroxylamine groups is 2. The molecule has 0 fully saturated rings. The predicted molar refractivity (Wildman–Crippen MR) is 91.1 cm³/mol. The van der Waals surface area contributed by atoms with Crippen LogP contribution in [0.1, 0.15) is 61.8 Å². The summed E-state index contributed by atoms with van der Waals surface area (Å²) in [6, 6.07) is -0.658. The maximum atomic E-state index is 12.5. The fourth-order valence-corrected chi connectivity index (χ4v) is 2.39. The van der Waals surface area contributed by atoms with Gasteiger partial charge in [-0.25, -0.2) is 4.79 Å². The van der Waals surface area contributed by atoms with Crippen LogP contribution >= 0.6 is 0 Å². The molecule has 5 nitrogen and oxygen atoms in total. The molecule has 1 unspecified atom stereocenters. The fraction of sp³-hybridized carbons (Fsp3) is 0.875. The Balaban J connectivity index is 5.45. The number of ether oxygens (including phenoxy) is 1. The zero-order valence-electron chi connectivity index (χ0n) is 15.9. The highest BCUT2D eigenvalue weighted by molar-refractivity contribution is 6.74. The standard InChI is InChI=1S/C16H33NO4Si/c1-11-13(18)12(2)17(14(19)20-15(3,4)5)21-22(9,10)16(6,7)8/h12H,11H2,1-10H3. The molecule has 0 aromatic heterocycles. The normalized spacial score (nSPS) is 14.5. The van der Waals surface area contributed by atoms with E-state index in [-0.39, 0.29) is 10.8 Å². The minimum Gasteiger partial charge on any atom is -0.442 e. The van der Waals surface area contributed by atoms with Gasteiger partial charge in [0.25, 0.3) is 0 Å². The van der Waals surface area contributed by atoms with Gasteiger partial charge in [0.1, 0.15) is 11.6 Å². The van der Waals surface area contributed by atoms with Crippen molar-refractivity contribution in [3.63, 3.8) is 0 Å². The van der Waals surface area contributed by atoms with Gasteiger partial charge in [-0.15, -0.1) is 0 Å². The highest BCUT2D eigenvalue weighted by Gasteiger charge is 2.43. The summed E-state index contributed by atoms with van der Waals surface area (Å²) in [4.78, 5) is 24.5. The second kappa shape index (κ2) is 7.13. The molecule has 0 saturated heterocycles. The quantitative estimate of drug-likeness (QED) is 0.548. The third-order valence-electron chi connectivity index (χ3n) is 3.87. The third kappa shape index (κ3) is 6.08. The Morgan fingerprint density at radius 3 is 1.86 bits per heavy atom. The van der Waals surface area contributed by atoms with Crippen molar-refractivity contribution < 1.29 is 18.9 Å². The molecule has 6 heteroatoms. The van der Waals surface area contributed by atoms with E-state index in [4.69, 9.17) is 9.26 Å². The van der Waals surface area contributed by atoms with Gasteiger partial charge in [-0.2, -0.15) is 5.06 Å². The van der Waals surface area contributed by atoms with E-state index < -0.39 is 26.1 Å². The summed E-state index contributed by atoms with van der Waals surface area (Å²) < 4.78 is 11.5. The van der Waals surface area contributed by atoms with Gasteiger partial charge in [0, 0.05) is 6.42 Å². The third-order valence-corrected chi connectivity index (χ3v) is 8.14. The lowest BCUT2D eigenvalue weighted by molar-refractivity contribution is -0.141. The lowest BCUT2D eigenvalue weighted by Crippen LogP contribution is -2.54. The van der Waals surface area contributed by atoms with Gasteiger partial charge in [0.05, 0.1) is 0 Å². The molecule has 0 aromatic rings. The number of hydrogen-bond donors (Lipinski definition) is 0. The van der Waals surface area contributed by atoms with E-state index in [1.807, 2.05) is 13.1 Å². The van der Waals surface area contributed by atoms with E-state index in [1.165, 1.54) is 0 Å². The lowest BCUT2D eigenvalue weighted by atomic mass is 10.1. The monoisotopic (exact) mass is 331 g/mol. The minimum absolute atomic E-state index is 0.0513. The Morgan fingerprint density at radius 1 is 1.09 bits per heavy atom. The first-order valence-corrected chi connectivity index (χ1v) is 10.8. The average Bonchev–Trinajstić information content (AvgIpc) is 2.30. The van der Waals surface area contributed by atoms with Crippen LogP contribution in [0.3, 0.4) is 0 Å². The van der Waals surface area contributed by atoms with Crippen LogP contribution in [-0.4, -0.2) is 36.9 Å². The highest BCUT2D eigenvalue weighted by Crippen LogP contribution is 2.37. The maximum Gasteiger partial charge on any atom is 0.434 e. The van der Waals surface area contributed by atoms with Crippen molar-refractivity contribution in [2.24, 2.45) is 0 Å². The van der Waals surface area contributed by atoms with Gasteiger partial charge in [-0.1, -0.05) is 27.7 Å². The first-order chi connectivity index (χ1) is 9.62. The van der Waals surface area contributed by atoms with Crippen molar-refractivity contribution in [2.75, 3.05) is 0 Å². The van der Waals surface area contributed by atoms with Gasteiger partial charge in [-0.3, -0.25) is 4.79 Å². The number of rotatable bonds is 5. The summed E-state index contributed by atoms with van der Waals surface area (Å²) in [5.74, 6) is -0.0513. The van der Waals surface area contributed by atoms with Gasteiger partial charge >= 0.3 is 6.09 Å². The maximum absolute atomic E-state index is 12.5. The van der Waals surface area contributed by atoms with Gasteiger partial charge in [-0.05, 0) is 45.8 Å². The van der Waals surface area contributed by atoms with Crippen LogP contribution in [0.5, 0.6) is 0 Å². The van der Waals surface area contributed by atoms with E-state index in [0.29, 0.717) is 6.42 Å². The SMILES string of the molecule is CCC(=O)C(C)N(O[Si](C)(C)C(C)(C)C)C(=O)OC(C)(C)C. The number of Topliss-reactive ketones (excluding diaryl/α,β-unsaturated/α-hetero) is 1. The minimum atomic E-state index is -2.25. The molecule has 0 aliphatic heterocycles. The second-order valence-electron chi connectivity index (χ2n) is 8.15. The molecule has 0 spiro atoms. The second-order valence-corrected chi connectivity index (χ2v) is 12.9. The largest absolute Gasteiger partial charge is 0.442 e. The summed E-state index contributed by atoms with van der Waals surface area (Å²) in [6.07, 6.45) is -0.256. The van der Waals surface area contributed by atoms with Crippen molar-refractivity contribution >= 4 is 20.2 Å². The molecule has 22 heavy (non-hydrogen) atoms. The van der Waals surface area contributed by atoms with Crippen LogP contribution in [0.4, 0.5) is 4.79 Å². The molecular weight excluding hydrogens is 298 g/mol. The first kappa shape index (κ1) is 21.1. The Bertz CT molecular complexity index is 407. The Labute approximate surface area is 136 Å². The lowest BCUT2D eigenvalue weighted by Gasteiger charge is -2.41. The molecule has 1 amide bonds. The molecule has 130 valence electrons. The van der Waals surface area contributed by atoms with Crippen LogP contribution in [-0.2, 0) is 14.1 Å². The van der Waals surface area contributed by atoms with Crippen molar-refractivity contribution in [3.8, 4) is 0 Å². The van der Waals surface area contributed by atoms with Crippen LogP contribution in [0, 0.1) is 0 Å². The van der Waals surface area contributed by atoms with E-state index in [0.717, 1.165) is 5.06 Å². The van der Waals surface area contributed by atoms with Crippen molar-refractivity contribution in [1.82, 2.24) is 5.06 Å². The van der Waals surface area contributed by atoms with Crippen molar-refractivity contribution in [2.45, 2.75) is 91.6 Å². The fourth-order valence-electron chi connectivity index (χ4n) is 1.39. The number of ketones is 1. The number of carbonyl (C=O) groups excluding carboxylic acids is 2. The highest BCUT2D eigenvalue weighted by atomic mass is 28.4. The summed E-state index contributed by atoms with van der Waals surface area (Å²) in [6.45, 7) is 19.2. The average molecular weight is 332 g/mol. The Morgan fingerprint density at radius 2 is 1.55 bits per heavy atom. The zero-order chi connectivity index (χ0) is 17.9. The smallest absolute Gasteiger partial charge is 0.434 e. The summed E-state index contributed by atoms with van der Waals surface area (Å²) in [5, 5.41) is 1.07. The summed E-state index contributed by atoms with van der Waals surface area (Å²) in [5.41, 5.74) is -0.638. The van der Waals surface area contributed by atoms with Crippen LogP contribution in [0.25, 0.3) is 0 Å². The number of carbonyl (C=O) groups is 2. The van der Waals surface area contributed by atoms with E-state index in [2.05, 4.69) is 20.8 Å². The van der Waals surface area contributed by atoms with E-state index in [9.17, 15) is 9.59 Å². The molecule has 1 atom stereocenters. The molecule has 0 rings (SSSR count). The first-order valence-electron chi connectivity index (χ1n) is 7.86. The molecule has 0 N–H and O–H groups in total. The van der Waals surface area contributed by atoms with E-state index in [1.54, 1.807) is 34.6 Å². The Kier molecular flexibility index (Phi) is 6.84. The van der Waals surface area contributed by atoms with Gasteiger partial charge < -0.3 is 9.26 Å². The molecule has 0 saturated carbocycles. The van der Waals surface area contributed by atoms with Crippen LogP contribution in [0.15, 0.2) is 0 Å². The topological polar surface area (TPSA) is 55.8 Å². The number of hydrogen-bond acceptors (Lipinski definition) is 4. The predicted octanol–water partition coefficient (Wildman–Crippen LogP) is 4.53. The molecule has 0 bridgehead atoms. The molecule has 0 radical (unpaired) electrons. The van der Waals surface area contributed by atoms with Crippen molar-refractivity contribution in [3.05, 3.63) is 0 Å². The summed E-state index contributed by atoms with van der Waals surface area (Å²) in [7, 11) is -2.25. The number of amides is 1. The molecule has 0 aromatic carbocycles. The zero-order valence-corrected chi connectivity index (χ0v) is 16.9. The molecule has 0 heterocycles. The van der Waals surface area contributed by atoms with Gasteiger partial charge in [0.15, 0.2) is 5.78 Å². The Hall–Kier alpha value is -0.883. The molecular formula is C16H33NO4Si. The molecule has 0 aliphatic rings. The van der Waals surface area contributed by atoms with Crippen LogP contribution in [0.2, 0.25) is 18.1 Å². The number of nitrogens with zero attached hydrogens (tertiary/aromatic N) is 1. The molecule has 0 aliphatic carbocycles. The van der Waals surface area contributed by atoms with E-state index >= 15 is 0 Å². The van der Waals surface area contributed by atoms with Gasteiger partial charge in [0.2, 0.25) is 8.32 Å². The van der Waals surface area contributed by atoms with Crippen molar-refractivity contribution in [1.29, 1.82) is 0 Å².